The summed E-state index contributed by atoms with van der Waals surface area (Å²) in [6, 6.07) is 5.32. The molecule has 2 aromatic rings. The number of hydrogen-bond donors (Lipinski definition) is 0. The topological polar surface area (TPSA) is 92.0 Å². The third-order valence-corrected chi connectivity index (χ3v) is 4.23. The zero-order valence-electron chi connectivity index (χ0n) is 13.2. The van der Waals surface area contributed by atoms with Gasteiger partial charge in [-0.1, -0.05) is 11.6 Å². The summed E-state index contributed by atoms with van der Waals surface area (Å²) in [7, 11) is 0. The number of anilines is 2. The van der Waals surface area contributed by atoms with E-state index >= 15 is 0 Å². The number of fused-ring (bicyclic) bond motifs is 1. The van der Waals surface area contributed by atoms with Crippen LogP contribution >= 0.6 is 11.6 Å². The summed E-state index contributed by atoms with van der Waals surface area (Å²) < 4.78 is 5.22. The van der Waals surface area contributed by atoms with Gasteiger partial charge < -0.3 is 9.64 Å². The van der Waals surface area contributed by atoms with Crippen LogP contribution in [-0.4, -0.2) is 34.1 Å². The van der Waals surface area contributed by atoms with E-state index in [0.717, 1.165) is 0 Å². The predicted octanol–water partition coefficient (Wildman–Crippen LogP) is 2.37. The molecule has 0 aliphatic carbocycles. The van der Waals surface area contributed by atoms with Gasteiger partial charge in [0.2, 0.25) is 0 Å². The summed E-state index contributed by atoms with van der Waals surface area (Å²) in [4.78, 5) is 26.9. The Morgan fingerprint density at radius 1 is 1.50 bits per heavy atom. The fourth-order valence-corrected chi connectivity index (χ4v) is 3.12. The number of aromatic nitrogens is 3. The van der Waals surface area contributed by atoms with Crippen molar-refractivity contribution in [3.05, 3.63) is 40.9 Å². The molecule has 1 atom stereocenters. The van der Waals surface area contributed by atoms with Crippen molar-refractivity contribution in [3.63, 3.8) is 0 Å². The lowest BCUT2D eigenvalue weighted by Crippen LogP contribution is -2.38. The maximum Gasteiger partial charge on any atom is 0.318 e. The quantitative estimate of drug-likeness (QED) is 0.624. The highest BCUT2D eigenvalue weighted by Crippen LogP contribution is 2.45. The number of carbonyl (C=O) groups excluding carboxylic acids is 1. The number of halogens is 1. The number of rotatable bonds is 3. The second kappa shape index (κ2) is 6.06. The van der Waals surface area contributed by atoms with E-state index in [1.807, 2.05) is 0 Å². The first-order valence-corrected chi connectivity index (χ1v) is 7.71. The molecule has 0 bridgehead atoms. The molecule has 3 heterocycles. The van der Waals surface area contributed by atoms with Gasteiger partial charge in [0.25, 0.3) is 0 Å². The van der Waals surface area contributed by atoms with Gasteiger partial charge in [-0.05, 0) is 26.0 Å². The Hall–Kier alpha value is -2.72. The maximum atomic E-state index is 12.5. The Balaban J connectivity index is 2.14. The molecule has 24 heavy (non-hydrogen) atoms. The van der Waals surface area contributed by atoms with Gasteiger partial charge in [-0.15, -0.1) is 0 Å². The van der Waals surface area contributed by atoms with Crippen molar-refractivity contribution in [1.82, 2.24) is 15.0 Å². The number of pyridine rings is 1. The molecule has 2 aromatic heterocycles. The molecule has 0 N–H and O–H groups in total. The summed E-state index contributed by atoms with van der Waals surface area (Å²) in [5.41, 5.74) is -0.0469. The first-order chi connectivity index (χ1) is 11.5. The number of nitrogens with zero attached hydrogens (tertiary/aromatic N) is 5. The fourth-order valence-electron chi connectivity index (χ4n) is 2.79. The second-order valence-corrected chi connectivity index (χ2v) is 5.87. The SMILES string of the molecule is CCOC(=O)C1(C)CN(c2cc(C#N)ccn2)c2ncnc(Cl)c21. The first kappa shape index (κ1) is 16.1. The molecule has 7 nitrogen and oxygen atoms in total. The van der Waals surface area contributed by atoms with Gasteiger partial charge in [-0.3, -0.25) is 4.79 Å². The van der Waals surface area contributed by atoms with Crippen LogP contribution in [0.5, 0.6) is 0 Å². The van der Waals surface area contributed by atoms with E-state index in [2.05, 4.69) is 21.0 Å². The number of carbonyl (C=O) groups is 1. The Morgan fingerprint density at radius 2 is 2.29 bits per heavy atom. The van der Waals surface area contributed by atoms with E-state index in [0.29, 0.717) is 22.8 Å². The third kappa shape index (κ3) is 2.45. The van der Waals surface area contributed by atoms with Crippen LogP contribution in [0.3, 0.4) is 0 Å². The molecule has 3 rings (SSSR count). The average Bonchev–Trinajstić information content (AvgIpc) is 2.91. The standard InChI is InChI=1S/C16H14ClN5O2/c1-3-24-15(23)16(2)8-22(11-6-10(7-18)4-5-19-11)14-12(16)13(17)20-9-21-14/h4-6,9H,3,8H2,1-2H3. The minimum atomic E-state index is -1.02. The number of esters is 1. The van der Waals surface area contributed by atoms with Crippen LogP contribution in [0.1, 0.15) is 25.0 Å². The molecular weight excluding hydrogens is 330 g/mol. The van der Waals surface area contributed by atoms with Gasteiger partial charge in [0, 0.05) is 12.7 Å². The Bertz CT molecular complexity index is 851. The summed E-state index contributed by atoms with van der Waals surface area (Å²) in [5, 5.41) is 9.29. The average molecular weight is 344 g/mol. The molecule has 0 radical (unpaired) electrons. The predicted molar refractivity (Wildman–Crippen MR) is 87.0 cm³/mol. The van der Waals surface area contributed by atoms with E-state index in [-0.39, 0.29) is 18.3 Å². The molecule has 0 spiro atoms. The lowest BCUT2D eigenvalue weighted by molar-refractivity contribution is -0.148. The van der Waals surface area contributed by atoms with Crippen LogP contribution in [0.2, 0.25) is 5.15 Å². The highest BCUT2D eigenvalue weighted by molar-refractivity contribution is 6.31. The molecule has 0 amide bonds. The first-order valence-electron chi connectivity index (χ1n) is 7.33. The lowest BCUT2D eigenvalue weighted by Gasteiger charge is -2.23. The molecule has 0 saturated carbocycles. The van der Waals surface area contributed by atoms with Gasteiger partial charge in [0.05, 0.1) is 23.8 Å². The van der Waals surface area contributed by atoms with Crippen molar-refractivity contribution < 1.29 is 9.53 Å². The molecule has 8 heteroatoms. The van der Waals surface area contributed by atoms with E-state index in [9.17, 15) is 4.79 Å². The maximum absolute atomic E-state index is 12.5. The Kier molecular flexibility index (Phi) is 4.08. The Morgan fingerprint density at radius 3 is 3.00 bits per heavy atom. The largest absolute Gasteiger partial charge is 0.465 e. The highest BCUT2D eigenvalue weighted by atomic mass is 35.5. The van der Waals surface area contributed by atoms with Gasteiger partial charge >= 0.3 is 5.97 Å². The van der Waals surface area contributed by atoms with Gasteiger partial charge in [-0.2, -0.15) is 5.26 Å². The summed E-state index contributed by atoms with van der Waals surface area (Å²) in [6.45, 7) is 4.00. The molecule has 0 saturated heterocycles. The van der Waals surface area contributed by atoms with Crippen LogP contribution in [0, 0.1) is 11.3 Å². The van der Waals surface area contributed by atoms with Crippen LogP contribution in [-0.2, 0) is 14.9 Å². The number of ether oxygens (including phenoxy) is 1. The second-order valence-electron chi connectivity index (χ2n) is 5.52. The van der Waals surface area contributed by atoms with E-state index in [4.69, 9.17) is 21.6 Å². The monoisotopic (exact) mass is 343 g/mol. The summed E-state index contributed by atoms with van der Waals surface area (Å²) >= 11 is 6.25. The summed E-state index contributed by atoms with van der Waals surface area (Å²) in [5.74, 6) is 0.605. The number of nitriles is 1. The molecule has 0 aromatic carbocycles. The zero-order chi connectivity index (χ0) is 17.3. The molecular formula is C16H14ClN5O2. The van der Waals surface area contributed by atoms with Crippen molar-refractivity contribution in [1.29, 1.82) is 5.26 Å². The van der Waals surface area contributed by atoms with Gasteiger partial charge in [0.15, 0.2) is 0 Å². The molecule has 122 valence electrons. The normalized spacial score (nSPS) is 18.8. The molecule has 1 aliphatic heterocycles. The minimum Gasteiger partial charge on any atom is -0.465 e. The molecule has 0 fully saturated rings. The van der Waals surface area contributed by atoms with Crippen molar-refractivity contribution in [3.8, 4) is 6.07 Å². The molecule has 1 aliphatic rings. The lowest BCUT2D eigenvalue weighted by atomic mass is 9.86. The van der Waals surface area contributed by atoms with Crippen molar-refractivity contribution in [2.24, 2.45) is 0 Å². The zero-order valence-corrected chi connectivity index (χ0v) is 13.9. The van der Waals surface area contributed by atoms with Crippen LogP contribution in [0.15, 0.2) is 24.7 Å². The van der Waals surface area contributed by atoms with Crippen LogP contribution in [0.25, 0.3) is 0 Å². The third-order valence-electron chi connectivity index (χ3n) is 3.94. The summed E-state index contributed by atoms with van der Waals surface area (Å²) in [6.07, 6.45) is 2.87. The molecule has 1 unspecified atom stereocenters. The highest BCUT2D eigenvalue weighted by Gasteiger charge is 2.49. The van der Waals surface area contributed by atoms with E-state index in [1.54, 1.807) is 30.9 Å². The van der Waals surface area contributed by atoms with E-state index in [1.165, 1.54) is 12.5 Å². The Labute approximate surface area is 143 Å². The fraction of sp³-hybridized carbons (Fsp3) is 0.312. The van der Waals surface area contributed by atoms with Crippen molar-refractivity contribution >= 4 is 29.2 Å². The van der Waals surface area contributed by atoms with Gasteiger partial charge in [-0.25, -0.2) is 15.0 Å². The number of hydrogen-bond acceptors (Lipinski definition) is 7. The van der Waals surface area contributed by atoms with Gasteiger partial charge in [0.1, 0.15) is 28.5 Å². The van der Waals surface area contributed by atoms with E-state index < -0.39 is 11.4 Å². The smallest absolute Gasteiger partial charge is 0.318 e. The van der Waals surface area contributed by atoms with Crippen molar-refractivity contribution in [2.45, 2.75) is 19.3 Å². The minimum absolute atomic E-state index is 0.203. The van der Waals surface area contributed by atoms with Crippen LogP contribution in [0.4, 0.5) is 11.6 Å². The van der Waals surface area contributed by atoms with Crippen molar-refractivity contribution in [2.75, 3.05) is 18.1 Å². The van der Waals surface area contributed by atoms with Crippen LogP contribution < -0.4 is 4.90 Å².